The lowest BCUT2D eigenvalue weighted by atomic mass is 9.68. The van der Waals surface area contributed by atoms with E-state index in [0.29, 0.717) is 19.4 Å². The second kappa shape index (κ2) is 4.70. The molecule has 2 N–H and O–H groups in total. The fourth-order valence-electron chi connectivity index (χ4n) is 2.64. The highest BCUT2D eigenvalue weighted by molar-refractivity contribution is 5.39. The third kappa shape index (κ3) is 2.39. The molecule has 1 saturated carbocycles. The zero-order valence-corrected chi connectivity index (χ0v) is 10.3. The molecule has 0 aromatic heterocycles. The zero-order chi connectivity index (χ0) is 13.2. The highest BCUT2D eigenvalue weighted by Gasteiger charge is 2.43. The van der Waals surface area contributed by atoms with E-state index in [1.807, 2.05) is 24.3 Å². The van der Waals surface area contributed by atoms with Crippen molar-refractivity contribution in [1.29, 1.82) is 0 Å². The van der Waals surface area contributed by atoms with Crippen LogP contribution in [0.4, 0.5) is 8.78 Å². The largest absolute Gasteiger partial charge is 0.330 e. The third-order valence-corrected chi connectivity index (χ3v) is 3.97. The summed E-state index contributed by atoms with van der Waals surface area (Å²) < 4.78 is 26.5. The van der Waals surface area contributed by atoms with Crippen molar-refractivity contribution in [3.05, 3.63) is 35.4 Å². The Bertz CT molecular complexity index is 464. The maximum absolute atomic E-state index is 13.3. The van der Waals surface area contributed by atoms with Crippen LogP contribution in [-0.4, -0.2) is 12.5 Å². The quantitative estimate of drug-likeness (QED) is 0.801. The lowest BCUT2D eigenvalue weighted by Gasteiger charge is -2.39. The van der Waals surface area contributed by atoms with Crippen molar-refractivity contribution >= 4 is 0 Å². The molecule has 0 amide bonds. The molecule has 1 aliphatic carbocycles. The van der Waals surface area contributed by atoms with Crippen LogP contribution in [0.2, 0.25) is 0 Å². The summed E-state index contributed by atoms with van der Waals surface area (Å²) in [5, 5.41) is 0. The SMILES string of the molecule is C#Cc1cccc(C2(CN)CCC(F)(F)CC2)c1. The van der Waals surface area contributed by atoms with Crippen LogP contribution in [-0.2, 0) is 5.41 Å². The molecule has 0 aliphatic heterocycles. The van der Waals surface area contributed by atoms with E-state index in [2.05, 4.69) is 5.92 Å². The predicted octanol–water partition coefficient (Wildman–Crippen LogP) is 3.07. The van der Waals surface area contributed by atoms with E-state index in [-0.39, 0.29) is 18.3 Å². The Balaban J connectivity index is 2.31. The lowest BCUT2D eigenvalue weighted by molar-refractivity contribution is -0.0509. The first-order chi connectivity index (χ1) is 8.51. The molecule has 1 fully saturated rings. The maximum Gasteiger partial charge on any atom is 0.248 e. The van der Waals surface area contributed by atoms with Gasteiger partial charge in [0.2, 0.25) is 5.92 Å². The molecular formula is C15H17F2N. The van der Waals surface area contributed by atoms with E-state index < -0.39 is 5.92 Å². The van der Waals surface area contributed by atoms with Crippen LogP contribution >= 0.6 is 0 Å². The van der Waals surface area contributed by atoms with Crippen LogP contribution in [0.3, 0.4) is 0 Å². The third-order valence-electron chi connectivity index (χ3n) is 3.97. The summed E-state index contributed by atoms with van der Waals surface area (Å²) in [5.74, 6) is 0.0358. The van der Waals surface area contributed by atoms with Crippen molar-refractivity contribution in [3.8, 4) is 12.3 Å². The minimum absolute atomic E-state index is 0.0928. The van der Waals surface area contributed by atoms with E-state index >= 15 is 0 Å². The van der Waals surface area contributed by atoms with Gasteiger partial charge in [-0.1, -0.05) is 18.1 Å². The molecule has 96 valence electrons. The van der Waals surface area contributed by atoms with Gasteiger partial charge in [0.1, 0.15) is 0 Å². The Labute approximate surface area is 106 Å². The Kier molecular flexibility index (Phi) is 3.41. The Morgan fingerprint density at radius 1 is 1.22 bits per heavy atom. The fourth-order valence-corrected chi connectivity index (χ4v) is 2.64. The molecule has 1 nitrogen and oxygen atoms in total. The number of rotatable bonds is 2. The highest BCUT2D eigenvalue weighted by atomic mass is 19.3. The molecule has 0 unspecified atom stereocenters. The number of alkyl halides is 2. The molecule has 2 rings (SSSR count). The predicted molar refractivity (Wildman–Crippen MR) is 68.5 cm³/mol. The second-order valence-corrected chi connectivity index (χ2v) is 5.07. The van der Waals surface area contributed by atoms with E-state index in [1.165, 1.54) is 0 Å². The molecule has 1 aliphatic rings. The first-order valence-electron chi connectivity index (χ1n) is 6.16. The normalized spacial score (nSPS) is 21.2. The average Bonchev–Trinajstić information content (AvgIpc) is 2.39. The van der Waals surface area contributed by atoms with Crippen LogP contribution < -0.4 is 5.73 Å². The maximum atomic E-state index is 13.3. The van der Waals surface area contributed by atoms with Gasteiger partial charge >= 0.3 is 0 Å². The second-order valence-electron chi connectivity index (χ2n) is 5.07. The lowest BCUT2D eigenvalue weighted by Crippen LogP contribution is -2.42. The smallest absolute Gasteiger partial charge is 0.248 e. The standard InChI is InChI=1S/C15H17F2N/c1-2-12-4-3-5-13(10-12)14(11-18)6-8-15(16,17)9-7-14/h1,3-5,10H,6-9,11,18H2. The Morgan fingerprint density at radius 2 is 1.89 bits per heavy atom. The Morgan fingerprint density at radius 3 is 2.44 bits per heavy atom. The molecule has 18 heavy (non-hydrogen) atoms. The van der Waals surface area contributed by atoms with Crippen molar-refractivity contribution in [1.82, 2.24) is 0 Å². The van der Waals surface area contributed by atoms with Crippen molar-refractivity contribution in [2.45, 2.75) is 37.0 Å². The first kappa shape index (κ1) is 13.0. The summed E-state index contributed by atoms with van der Waals surface area (Å²) in [4.78, 5) is 0. The van der Waals surface area contributed by atoms with Gasteiger partial charge in [-0.2, -0.15) is 0 Å². The molecule has 0 spiro atoms. The molecular weight excluding hydrogens is 232 g/mol. The zero-order valence-electron chi connectivity index (χ0n) is 10.3. The van der Waals surface area contributed by atoms with E-state index in [0.717, 1.165) is 11.1 Å². The van der Waals surface area contributed by atoms with Crippen LogP contribution in [0.1, 0.15) is 36.8 Å². The van der Waals surface area contributed by atoms with E-state index in [4.69, 9.17) is 12.2 Å². The summed E-state index contributed by atoms with van der Waals surface area (Å²) in [5.41, 5.74) is 7.29. The Hall–Kier alpha value is -1.40. The number of hydrogen-bond acceptors (Lipinski definition) is 1. The van der Waals surface area contributed by atoms with Gasteiger partial charge in [-0.3, -0.25) is 0 Å². The molecule has 3 heteroatoms. The highest BCUT2D eigenvalue weighted by Crippen LogP contribution is 2.44. The van der Waals surface area contributed by atoms with Crippen molar-refractivity contribution < 1.29 is 8.78 Å². The monoisotopic (exact) mass is 249 g/mol. The van der Waals surface area contributed by atoms with Crippen LogP contribution in [0, 0.1) is 12.3 Å². The summed E-state index contributed by atoms with van der Waals surface area (Å²) in [6, 6.07) is 7.55. The van der Waals surface area contributed by atoms with Crippen LogP contribution in [0.5, 0.6) is 0 Å². The van der Waals surface area contributed by atoms with E-state index in [9.17, 15) is 8.78 Å². The molecule has 0 radical (unpaired) electrons. The number of nitrogens with two attached hydrogens (primary N) is 1. The number of halogens is 2. The summed E-state index contributed by atoms with van der Waals surface area (Å²) >= 11 is 0. The first-order valence-corrected chi connectivity index (χ1v) is 6.16. The number of benzene rings is 1. The minimum Gasteiger partial charge on any atom is -0.330 e. The van der Waals surface area contributed by atoms with Crippen molar-refractivity contribution in [3.63, 3.8) is 0 Å². The summed E-state index contributed by atoms with van der Waals surface area (Å²) in [6.07, 6.45) is 6.03. The van der Waals surface area contributed by atoms with Gasteiger partial charge in [0, 0.05) is 30.4 Å². The van der Waals surface area contributed by atoms with Crippen LogP contribution in [0.15, 0.2) is 24.3 Å². The van der Waals surface area contributed by atoms with Gasteiger partial charge in [-0.15, -0.1) is 6.42 Å². The van der Waals surface area contributed by atoms with Crippen molar-refractivity contribution in [2.24, 2.45) is 5.73 Å². The number of hydrogen-bond donors (Lipinski definition) is 1. The molecule has 0 heterocycles. The minimum atomic E-state index is -2.54. The van der Waals surface area contributed by atoms with Gasteiger partial charge in [0.25, 0.3) is 0 Å². The van der Waals surface area contributed by atoms with Gasteiger partial charge in [0.15, 0.2) is 0 Å². The summed E-state index contributed by atoms with van der Waals surface area (Å²) in [6.45, 7) is 0.386. The number of terminal acetylenes is 1. The van der Waals surface area contributed by atoms with Gasteiger partial charge < -0.3 is 5.73 Å². The van der Waals surface area contributed by atoms with Gasteiger partial charge in [-0.05, 0) is 30.5 Å². The fraction of sp³-hybridized carbons (Fsp3) is 0.467. The summed E-state index contributed by atoms with van der Waals surface area (Å²) in [7, 11) is 0. The van der Waals surface area contributed by atoms with Gasteiger partial charge in [-0.25, -0.2) is 8.78 Å². The van der Waals surface area contributed by atoms with Crippen molar-refractivity contribution in [2.75, 3.05) is 6.54 Å². The molecule has 0 atom stereocenters. The molecule has 1 aromatic carbocycles. The molecule has 0 bridgehead atoms. The molecule has 0 saturated heterocycles. The van der Waals surface area contributed by atoms with Gasteiger partial charge in [0.05, 0.1) is 0 Å². The average molecular weight is 249 g/mol. The topological polar surface area (TPSA) is 26.0 Å². The molecule has 1 aromatic rings. The van der Waals surface area contributed by atoms with E-state index in [1.54, 1.807) is 0 Å². The van der Waals surface area contributed by atoms with Crippen LogP contribution in [0.25, 0.3) is 0 Å².